The first-order valence-corrected chi connectivity index (χ1v) is 12.2. The maximum Gasteiger partial charge on any atom is 0.192 e. The first-order valence-electron chi connectivity index (χ1n) is 11.2. The molecule has 162 valence electrons. The maximum atomic E-state index is 12.7. The predicted molar refractivity (Wildman–Crippen MR) is 125 cm³/mol. The Hall–Kier alpha value is -2.47. The van der Waals surface area contributed by atoms with Crippen LogP contribution in [0.3, 0.4) is 0 Å². The molecule has 2 aromatic heterocycles. The van der Waals surface area contributed by atoms with Crippen LogP contribution in [0, 0.1) is 0 Å². The molecule has 1 aliphatic rings. The van der Waals surface area contributed by atoms with Crippen molar-refractivity contribution in [1.29, 1.82) is 0 Å². The van der Waals surface area contributed by atoms with Crippen LogP contribution < -0.4 is 0 Å². The van der Waals surface area contributed by atoms with E-state index in [-0.39, 0.29) is 5.78 Å². The monoisotopic (exact) mass is 434 g/mol. The Labute approximate surface area is 188 Å². The minimum atomic E-state index is 0.214. The number of aromatic nitrogens is 4. The van der Waals surface area contributed by atoms with Crippen LogP contribution in [0.5, 0.6) is 0 Å². The van der Waals surface area contributed by atoms with Crippen molar-refractivity contribution in [3.05, 3.63) is 59.9 Å². The third kappa shape index (κ3) is 5.42. The van der Waals surface area contributed by atoms with Gasteiger partial charge in [0.2, 0.25) is 0 Å². The molecule has 0 spiro atoms. The summed E-state index contributed by atoms with van der Waals surface area (Å²) in [5.74, 6) is 2.01. The highest BCUT2D eigenvalue weighted by Gasteiger charge is 2.24. The third-order valence-electron chi connectivity index (χ3n) is 5.95. The predicted octanol–water partition coefficient (Wildman–Crippen LogP) is 5.87. The summed E-state index contributed by atoms with van der Waals surface area (Å²) in [5, 5.41) is 9.83. The van der Waals surface area contributed by atoms with Crippen LogP contribution in [0.4, 0.5) is 0 Å². The number of nitrogens with zero attached hydrogens (tertiary/aromatic N) is 4. The Morgan fingerprint density at radius 1 is 1.03 bits per heavy atom. The minimum absolute atomic E-state index is 0.214. The van der Waals surface area contributed by atoms with E-state index < -0.39 is 0 Å². The fourth-order valence-electron chi connectivity index (χ4n) is 4.19. The second kappa shape index (κ2) is 10.2. The topological polar surface area (TPSA) is 60.7 Å². The molecule has 3 aromatic rings. The summed E-state index contributed by atoms with van der Waals surface area (Å²) in [6.45, 7) is 4.36. The summed E-state index contributed by atoms with van der Waals surface area (Å²) in [7, 11) is 0. The lowest BCUT2D eigenvalue weighted by atomic mass is 9.95. The standard InChI is InChI=1S/C25H30N4OS/c1-18(2)20-10-8-19(9-11-20)16-23(30)17-31-25-28-27-24(21-12-14-26-15-13-21)29(25)22-6-4-3-5-7-22/h8-15,18,22H,3-7,16-17H2,1-2H3. The fraction of sp³-hybridized carbons (Fsp3) is 0.440. The van der Waals surface area contributed by atoms with Gasteiger partial charge in [0.05, 0.1) is 5.75 Å². The summed E-state index contributed by atoms with van der Waals surface area (Å²) < 4.78 is 2.27. The number of benzene rings is 1. The lowest BCUT2D eigenvalue weighted by molar-refractivity contribution is -0.116. The Morgan fingerprint density at radius 2 is 1.74 bits per heavy atom. The van der Waals surface area contributed by atoms with Crippen molar-refractivity contribution >= 4 is 17.5 Å². The van der Waals surface area contributed by atoms with Gasteiger partial charge in [0.1, 0.15) is 5.78 Å². The molecule has 5 nitrogen and oxygen atoms in total. The van der Waals surface area contributed by atoms with Crippen LogP contribution in [0.15, 0.2) is 53.9 Å². The zero-order valence-corrected chi connectivity index (χ0v) is 19.1. The van der Waals surface area contributed by atoms with Crippen LogP contribution in [-0.2, 0) is 11.2 Å². The number of ketones is 1. The Kier molecular flexibility index (Phi) is 7.17. The van der Waals surface area contributed by atoms with Crippen LogP contribution in [-0.4, -0.2) is 31.3 Å². The van der Waals surface area contributed by atoms with Crippen molar-refractivity contribution in [2.24, 2.45) is 0 Å². The van der Waals surface area contributed by atoms with E-state index in [1.54, 1.807) is 12.4 Å². The molecule has 2 heterocycles. The van der Waals surface area contributed by atoms with Gasteiger partial charge < -0.3 is 0 Å². The number of hydrogen-bond acceptors (Lipinski definition) is 5. The van der Waals surface area contributed by atoms with Gasteiger partial charge in [0.15, 0.2) is 11.0 Å². The van der Waals surface area contributed by atoms with Gasteiger partial charge in [-0.15, -0.1) is 10.2 Å². The molecule has 0 atom stereocenters. The average molecular weight is 435 g/mol. The van der Waals surface area contributed by atoms with Crippen LogP contribution in [0.25, 0.3) is 11.4 Å². The molecule has 1 saturated carbocycles. The molecule has 0 N–H and O–H groups in total. The van der Waals surface area contributed by atoms with Crippen molar-refractivity contribution in [2.75, 3.05) is 5.75 Å². The van der Waals surface area contributed by atoms with E-state index in [2.05, 4.69) is 57.9 Å². The number of thioether (sulfide) groups is 1. The molecule has 1 fully saturated rings. The molecule has 0 aliphatic heterocycles. The van der Waals surface area contributed by atoms with E-state index in [0.29, 0.717) is 24.1 Å². The Bertz CT molecular complexity index is 992. The molecule has 0 radical (unpaired) electrons. The molecule has 31 heavy (non-hydrogen) atoms. The average Bonchev–Trinajstić information content (AvgIpc) is 3.23. The van der Waals surface area contributed by atoms with Gasteiger partial charge in [-0.25, -0.2) is 0 Å². The molecule has 1 aromatic carbocycles. The molecule has 1 aliphatic carbocycles. The minimum Gasteiger partial charge on any atom is -0.299 e. The van der Waals surface area contributed by atoms with Crippen molar-refractivity contribution in [1.82, 2.24) is 19.7 Å². The van der Waals surface area contributed by atoms with E-state index in [4.69, 9.17) is 0 Å². The molecular formula is C25H30N4OS. The second-order valence-electron chi connectivity index (χ2n) is 8.60. The number of rotatable bonds is 8. The van der Waals surface area contributed by atoms with Gasteiger partial charge in [-0.1, -0.05) is 69.1 Å². The number of carbonyl (C=O) groups excluding carboxylic acids is 1. The van der Waals surface area contributed by atoms with Crippen LogP contribution >= 0.6 is 11.8 Å². The third-order valence-corrected chi connectivity index (χ3v) is 6.96. The number of Topliss-reactive ketones (excluding diaryl/α,β-unsaturated/α-hetero) is 1. The summed E-state index contributed by atoms with van der Waals surface area (Å²) in [6.07, 6.45) is 10.1. The van der Waals surface area contributed by atoms with Gasteiger partial charge >= 0.3 is 0 Å². The molecular weight excluding hydrogens is 404 g/mol. The van der Waals surface area contributed by atoms with Gasteiger partial charge in [0.25, 0.3) is 0 Å². The molecule has 0 amide bonds. The molecule has 0 bridgehead atoms. The quantitative estimate of drug-likeness (QED) is 0.415. The molecule has 0 saturated heterocycles. The lowest BCUT2D eigenvalue weighted by Crippen LogP contribution is -2.16. The van der Waals surface area contributed by atoms with E-state index in [1.165, 1.54) is 36.6 Å². The SMILES string of the molecule is CC(C)c1ccc(CC(=O)CSc2nnc(-c3ccncc3)n2C2CCCCC2)cc1. The van der Waals surface area contributed by atoms with Crippen LogP contribution in [0.2, 0.25) is 0 Å². The van der Waals surface area contributed by atoms with E-state index in [9.17, 15) is 4.79 Å². The highest BCUT2D eigenvalue weighted by atomic mass is 32.2. The zero-order valence-electron chi connectivity index (χ0n) is 18.3. The van der Waals surface area contributed by atoms with E-state index in [1.807, 2.05) is 12.1 Å². The molecule has 4 rings (SSSR count). The van der Waals surface area contributed by atoms with Gasteiger partial charge in [0, 0.05) is 30.4 Å². The Balaban J connectivity index is 1.47. The lowest BCUT2D eigenvalue weighted by Gasteiger charge is -2.25. The number of pyridine rings is 1. The summed E-state index contributed by atoms with van der Waals surface area (Å²) in [6, 6.07) is 12.7. The summed E-state index contributed by atoms with van der Waals surface area (Å²) in [5.41, 5.74) is 3.40. The van der Waals surface area contributed by atoms with Crippen LogP contribution in [0.1, 0.15) is 69.0 Å². The van der Waals surface area contributed by atoms with E-state index in [0.717, 1.165) is 34.9 Å². The molecule has 6 heteroatoms. The number of hydrogen-bond donors (Lipinski definition) is 0. The highest BCUT2D eigenvalue weighted by Crippen LogP contribution is 2.35. The largest absolute Gasteiger partial charge is 0.299 e. The maximum absolute atomic E-state index is 12.7. The molecule has 0 unspecified atom stereocenters. The van der Waals surface area contributed by atoms with Crippen molar-refractivity contribution < 1.29 is 4.79 Å². The highest BCUT2D eigenvalue weighted by molar-refractivity contribution is 7.99. The fourth-order valence-corrected chi connectivity index (χ4v) is 5.05. The van der Waals surface area contributed by atoms with Crippen molar-refractivity contribution in [3.8, 4) is 11.4 Å². The summed E-state index contributed by atoms with van der Waals surface area (Å²) >= 11 is 1.52. The van der Waals surface area contributed by atoms with Crippen molar-refractivity contribution in [3.63, 3.8) is 0 Å². The summed E-state index contributed by atoms with van der Waals surface area (Å²) in [4.78, 5) is 16.8. The van der Waals surface area contributed by atoms with Gasteiger partial charge in [-0.2, -0.15) is 0 Å². The van der Waals surface area contributed by atoms with Crippen molar-refractivity contribution in [2.45, 2.75) is 69.5 Å². The Morgan fingerprint density at radius 3 is 2.42 bits per heavy atom. The van der Waals surface area contributed by atoms with Gasteiger partial charge in [-0.3, -0.25) is 14.3 Å². The first kappa shape index (κ1) is 21.8. The first-order chi connectivity index (χ1) is 15.1. The van der Waals surface area contributed by atoms with E-state index >= 15 is 0 Å². The smallest absolute Gasteiger partial charge is 0.192 e. The zero-order chi connectivity index (χ0) is 21.6. The second-order valence-corrected chi connectivity index (χ2v) is 9.55. The number of carbonyl (C=O) groups is 1. The normalized spacial score (nSPS) is 14.8. The van der Waals surface area contributed by atoms with Gasteiger partial charge in [-0.05, 0) is 42.0 Å².